The van der Waals surface area contributed by atoms with Crippen LogP contribution in [-0.2, 0) is 32.2 Å². The topological polar surface area (TPSA) is 127 Å². The van der Waals surface area contributed by atoms with Crippen LogP contribution in [0.1, 0.15) is 12.0 Å². The monoisotopic (exact) mass is 545 g/mol. The summed E-state index contributed by atoms with van der Waals surface area (Å²) in [6.07, 6.45) is 0.127. The van der Waals surface area contributed by atoms with E-state index in [9.17, 15) is 26.3 Å². The number of hydrogen-bond donors (Lipinski definition) is 2. The number of rotatable bonds is 4. The van der Waals surface area contributed by atoms with Crippen LogP contribution in [0.2, 0.25) is 0 Å². The number of carboxylic acid groups (broad SMARTS) is 2. The van der Waals surface area contributed by atoms with Gasteiger partial charge in [-0.2, -0.15) is 26.3 Å². The molecule has 2 saturated heterocycles. The molecule has 16 heteroatoms. The molecule has 10 nitrogen and oxygen atoms in total. The van der Waals surface area contributed by atoms with E-state index in [0.717, 1.165) is 45.8 Å². The summed E-state index contributed by atoms with van der Waals surface area (Å²) in [6, 6.07) is 2.02. The molecule has 2 unspecified atom stereocenters. The lowest BCUT2D eigenvalue weighted by Crippen LogP contribution is -2.43. The van der Waals surface area contributed by atoms with Gasteiger partial charge in [-0.3, -0.25) is 4.90 Å². The largest absolute Gasteiger partial charge is 0.490 e. The van der Waals surface area contributed by atoms with Crippen molar-refractivity contribution in [2.45, 2.75) is 37.5 Å². The molecular weight excluding hydrogens is 520 g/mol. The van der Waals surface area contributed by atoms with Crippen LogP contribution in [0, 0.1) is 5.92 Å². The number of carboxylic acids is 2. The lowest BCUT2D eigenvalue weighted by molar-refractivity contribution is -0.193. The Kier molecular flexibility index (Phi) is 10.5. The average Bonchev–Trinajstić information content (AvgIpc) is 3.52. The predicted octanol–water partition coefficient (Wildman–Crippen LogP) is 3.05. The summed E-state index contributed by atoms with van der Waals surface area (Å²) in [6.45, 7) is 5.94. The van der Waals surface area contributed by atoms with Crippen molar-refractivity contribution in [3.63, 3.8) is 0 Å². The van der Waals surface area contributed by atoms with E-state index in [1.165, 1.54) is 5.56 Å². The van der Waals surface area contributed by atoms with E-state index < -0.39 is 24.3 Å². The lowest BCUT2D eigenvalue weighted by atomic mass is 9.94. The first-order chi connectivity index (χ1) is 17.2. The average molecular weight is 545 g/mol. The maximum atomic E-state index is 10.6. The summed E-state index contributed by atoms with van der Waals surface area (Å²) in [4.78, 5) is 24.3. The predicted molar refractivity (Wildman–Crippen MR) is 111 cm³/mol. The fourth-order valence-corrected chi connectivity index (χ4v) is 3.72. The highest BCUT2D eigenvalue weighted by atomic mass is 19.4. The molecule has 37 heavy (non-hydrogen) atoms. The number of furan rings is 1. The fourth-order valence-electron chi connectivity index (χ4n) is 3.72. The second-order valence-corrected chi connectivity index (χ2v) is 8.32. The van der Waals surface area contributed by atoms with Crippen molar-refractivity contribution >= 4 is 11.9 Å². The van der Waals surface area contributed by atoms with Gasteiger partial charge in [-0.15, -0.1) is 0 Å². The Bertz CT molecular complexity index is 942. The third kappa shape index (κ3) is 10.4. The second-order valence-electron chi connectivity index (χ2n) is 8.32. The van der Waals surface area contributed by atoms with Crippen LogP contribution in [0.3, 0.4) is 0 Å². The first-order valence-electron chi connectivity index (χ1n) is 10.7. The normalized spacial score (nSPS) is 22.4. The minimum Gasteiger partial charge on any atom is -0.475 e. The summed E-state index contributed by atoms with van der Waals surface area (Å²) >= 11 is 0. The summed E-state index contributed by atoms with van der Waals surface area (Å²) < 4.78 is 82.9. The maximum absolute atomic E-state index is 10.6. The van der Waals surface area contributed by atoms with Crippen molar-refractivity contribution in [1.82, 2.24) is 14.5 Å². The van der Waals surface area contributed by atoms with Gasteiger partial charge in [0.05, 0.1) is 38.7 Å². The zero-order valence-electron chi connectivity index (χ0n) is 19.2. The minimum absolute atomic E-state index is 0.175. The van der Waals surface area contributed by atoms with Crippen LogP contribution in [0.5, 0.6) is 0 Å². The van der Waals surface area contributed by atoms with Gasteiger partial charge >= 0.3 is 24.3 Å². The van der Waals surface area contributed by atoms with Gasteiger partial charge in [0.2, 0.25) is 0 Å². The molecule has 0 aliphatic carbocycles. The van der Waals surface area contributed by atoms with Gasteiger partial charge in [-0.05, 0) is 12.5 Å². The van der Waals surface area contributed by atoms with Crippen molar-refractivity contribution in [3.05, 3.63) is 42.9 Å². The van der Waals surface area contributed by atoms with Crippen molar-refractivity contribution in [2.24, 2.45) is 5.92 Å². The Labute approximate surface area is 206 Å². The lowest BCUT2D eigenvalue weighted by Gasteiger charge is -2.31. The quantitative estimate of drug-likeness (QED) is 0.558. The standard InChI is InChI=1S/C17H23N3O3.2C2HF3O2/c1-5-21-10-15(1)8-19-4-6-22-13-17(12-19)7-16(11-23-17)9-20-3-2-18-14-20;2*3-2(4,5)1(6)7/h1-3,5,10,14,16H,4,6-9,11-13H2;2*(H,6,7). The Morgan fingerprint density at radius 3 is 2.30 bits per heavy atom. The number of nitrogens with zero attached hydrogens (tertiary/aromatic N) is 3. The molecule has 2 aromatic heterocycles. The Morgan fingerprint density at radius 2 is 1.78 bits per heavy atom. The van der Waals surface area contributed by atoms with Crippen molar-refractivity contribution in [1.29, 1.82) is 0 Å². The second kappa shape index (κ2) is 12.9. The molecule has 0 radical (unpaired) electrons. The van der Waals surface area contributed by atoms with E-state index in [1.807, 2.05) is 31.1 Å². The van der Waals surface area contributed by atoms with Gasteiger partial charge in [0, 0.05) is 50.1 Å². The van der Waals surface area contributed by atoms with Crippen LogP contribution in [0.25, 0.3) is 0 Å². The highest BCUT2D eigenvalue weighted by Crippen LogP contribution is 2.34. The highest BCUT2D eigenvalue weighted by Gasteiger charge is 2.43. The zero-order chi connectivity index (χ0) is 27.7. The Hall–Kier alpha value is -3.11. The number of imidazole rings is 1. The van der Waals surface area contributed by atoms with E-state index >= 15 is 0 Å². The maximum Gasteiger partial charge on any atom is 0.490 e. The van der Waals surface area contributed by atoms with Crippen LogP contribution >= 0.6 is 0 Å². The van der Waals surface area contributed by atoms with E-state index in [4.69, 9.17) is 33.7 Å². The zero-order valence-corrected chi connectivity index (χ0v) is 19.2. The van der Waals surface area contributed by atoms with Crippen LogP contribution in [0.4, 0.5) is 26.3 Å². The molecule has 4 heterocycles. The molecule has 2 atom stereocenters. The van der Waals surface area contributed by atoms with Gasteiger partial charge in [0.25, 0.3) is 0 Å². The Morgan fingerprint density at radius 1 is 1.14 bits per heavy atom. The number of aromatic nitrogens is 2. The van der Waals surface area contributed by atoms with Gasteiger partial charge in [0.1, 0.15) is 5.60 Å². The van der Waals surface area contributed by atoms with Gasteiger partial charge in [0.15, 0.2) is 0 Å². The van der Waals surface area contributed by atoms with E-state index in [1.54, 1.807) is 6.26 Å². The Balaban J connectivity index is 0.000000286. The highest BCUT2D eigenvalue weighted by molar-refractivity contribution is 5.73. The fraction of sp³-hybridized carbons (Fsp3) is 0.571. The number of hydrogen-bond acceptors (Lipinski definition) is 7. The molecule has 2 aliphatic heterocycles. The molecule has 0 bridgehead atoms. The molecule has 2 N–H and O–H groups in total. The van der Waals surface area contributed by atoms with Crippen molar-refractivity contribution in [3.8, 4) is 0 Å². The smallest absolute Gasteiger partial charge is 0.475 e. The van der Waals surface area contributed by atoms with Crippen molar-refractivity contribution < 1.29 is 60.0 Å². The number of carbonyl (C=O) groups is 2. The molecule has 2 fully saturated rings. The molecule has 0 aromatic carbocycles. The molecule has 2 aromatic rings. The van der Waals surface area contributed by atoms with Crippen LogP contribution in [-0.4, -0.2) is 87.5 Å². The van der Waals surface area contributed by atoms with Crippen LogP contribution in [0.15, 0.2) is 41.7 Å². The van der Waals surface area contributed by atoms with E-state index in [2.05, 4.69) is 14.5 Å². The third-order valence-corrected chi connectivity index (χ3v) is 5.21. The van der Waals surface area contributed by atoms with Gasteiger partial charge < -0.3 is 28.7 Å². The molecule has 0 saturated carbocycles. The molecule has 208 valence electrons. The molecule has 0 amide bonds. The van der Waals surface area contributed by atoms with Gasteiger partial charge in [-0.1, -0.05) is 0 Å². The summed E-state index contributed by atoms with van der Waals surface area (Å²) in [5.74, 6) is -5.00. The van der Waals surface area contributed by atoms with Crippen LogP contribution < -0.4 is 0 Å². The SMILES string of the molecule is O=C(O)C(F)(F)F.O=C(O)C(F)(F)F.c1cn(CC2COC3(COCCN(Cc4ccoc4)C3)C2)cn1. The molecule has 1 spiro atoms. The van der Waals surface area contributed by atoms with Crippen molar-refractivity contribution in [2.75, 3.05) is 32.9 Å². The number of ether oxygens (including phenoxy) is 2. The summed E-state index contributed by atoms with van der Waals surface area (Å²) in [5, 5.41) is 14.2. The first kappa shape index (κ1) is 30.1. The molecule has 4 rings (SSSR count). The molecular formula is C21H25F6N3O7. The minimum atomic E-state index is -5.08. The third-order valence-electron chi connectivity index (χ3n) is 5.21. The van der Waals surface area contributed by atoms with Gasteiger partial charge in [-0.25, -0.2) is 14.6 Å². The summed E-state index contributed by atoms with van der Waals surface area (Å²) in [7, 11) is 0. The first-order valence-corrected chi connectivity index (χ1v) is 10.7. The summed E-state index contributed by atoms with van der Waals surface area (Å²) in [5.41, 5.74) is 1.03. The number of alkyl halides is 6. The number of aliphatic carboxylic acids is 2. The van der Waals surface area contributed by atoms with E-state index in [-0.39, 0.29) is 5.60 Å². The van der Waals surface area contributed by atoms with E-state index in [0.29, 0.717) is 12.5 Å². The molecule has 2 aliphatic rings. The number of halogens is 6.